The summed E-state index contributed by atoms with van der Waals surface area (Å²) in [5, 5.41) is 5.98. The number of thiazole rings is 1. The van der Waals surface area contributed by atoms with Crippen molar-refractivity contribution in [3.05, 3.63) is 94.3 Å². The van der Waals surface area contributed by atoms with Gasteiger partial charge in [0, 0.05) is 23.1 Å². The van der Waals surface area contributed by atoms with E-state index in [0.29, 0.717) is 11.4 Å². The van der Waals surface area contributed by atoms with E-state index in [1.165, 1.54) is 10.5 Å². The fourth-order valence-corrected chi connectivity index (χ4v) is 4.96. The highest BCUT2D eigenvalue weighted by Crippen LogP contribution is 2.37. The van der Waals surface area contributed by atoms with Gasteiger partial charge in [0.25, 0.3) is 5.91 Å². The predicted octanol–water partition coefficient (Wildman–Crippen LogP) is 5.46. The lowest BCUT2D eigenvalue weighted by molar-refractivity contribution is -0.125. The molecule has 0 spiro atoms. The van der Waals surface area contributed by atoms with Gasteiger partial charge in [-0.15, -0.1) is 11.3 Å². The quantitative estimate of drug-likeness (QED) is 0.395. The Kier molecular flexibility index (Phi) is 6.33. The number of aryl methyl sites for hydroxylation is 1. The summed E-state index contributed by atoms with van der Waals surface area (Å²) in [5.41, 5.74) is 5.17. The number of fused-ring (bicyclic) bond motifs is 1. The van der Waals surface area contributed by atoms with Gasteiger partial charge >= 0.3 is 0 Å². The number of hydrogen-bond acceptors (Lipinski definition) is 5. The Morgan fingerprint density at radius 2 is 1.89 bits per heavy atom. The van der Waals surface area contributed by atoms with Gasteiger partial charge in [0.05, 0.1) is 16.4 Å². The summed E-state index contributed by atoms with van der Waals surface area (Å²) in [6, 6.07) is 22.7. The van der Waals surface area contributed by atoms with E-state index in [1.54, 1.807) is 18.3 Å². The van der Waals surface area contributed by atoms with Crippen molar-refractivity contribution in [3.63, 3.8) is 0 Å². The van der Waals surface area contributed by atoms with Crippen LogP contribution in [0.1, 0.15) is 23.1 Å². The zero-order chi connectivity index (χ0) is 24.4. The summed E-state index contributed by atoms with van der Waals surface area (Å²) >= 11 is 1.60. The van der Waals surface area contributed by atoms with Gasteiger partial charge < -0.3 is 10.1 Å². The Bertz CT molecular complexity index is 1380. The molecule has 0 saturated carbocycles. The van der Waals surface area contributed by atoms with Gasteiger partial charge in [-0.1, -0.05) is 48.5 Å². The number of hydrogen-bond donors (Lipinski definition) is 1. The number of carbonyl (C=O) groups excluding carboxylic acids is 2. The third-order valence-electron chi connectivity index (χ3n) is 6.05. The number of para-hydroxylation sites is 1. The lowest BCUT2D eigenvalue weighted by atomic mass is 10.1. The maximum Gasteiger partial charge on any atom is 0.265 e. The number of nitrogens with one attached hydrogen (secondary N) is 1. The highest BCUT2D eigenvalue weighted by molar-refractivity contribution is 7.10. The third-order valence-corrected chi connectivity index (χ3v) is 6.90. The molecule has 0 aliphatic carbocycles. The predicted molar refractivity (Wildman–Crippen MR) is 139 cm³/mol. The number of amides is 2. The van der Waals surface area contributed by atoms with E-state index in [2.05, 4.69) is 17.4 Å². The first-order valence-corrected chi connectivity index (χ1v) is 12.3. The number of rotatable bonds is 6. The Morgan fingerprint density at radius 1 is 1.11 bits per heavy atom. The van der Waals surface area contributed by atoms with E-state index in [9.17, 15) is 9.59 Å². The molecular weight excluding hydrogens is 458 g/mol. The number of aromatic nitrogens is 1. The molecule has 1 unspecified atom stereocenters. The molecule has 35 heavy (non-hydrogen) atoms. The van der Waals surface area contributed by atoms with Crippen LogP contribution in [0, 0.1) is 6.92 Å². The Hall–Kier alpha value is -3.97. The van der Waals surface area contributed by atoms with Crippen LogP contribution in [-0.2, 0) is 16.0 Å². The molecule has 6 nitrogen and oxygen atoms in total. The monoisotopic (exact) mass is 483 g/mol. The zero-order valence-electron chi connectivity index (χ0n) is 19.5. The van der Waals surface area contributed by atoms with Crippen LogP contribution in [-0.4, -0.2) is 29.4 Å². The molecule has 2 amide bonds. The molecule has 5 rings (SSSR count). The minimum atomic E-state index is -0.718. The minimum Gasteiger partial charge on any atom is -0.482 e. The highest BCUT2D eigenvalue weighted by Gasteiger charge is 2.33. The summed E-state index contributed by atoms with van der Waals surface area (Å²) in [5.74, 6) is 0.0541. The molecule has 1 atom stereocenters. The molecule has 1 aliphatic heterocycles. The average molecular weight is 484 g/mol. The fourth-order valence-electron chi connectivity index (χ4n) is 4.12. The van der Waals surface area contributed by atoms with Crippen LogP contribution in [0.3, 0.4) is 0 Å². The minimum absolute atomic E-state index is 0.105. The van der Waals surface area contributed by atoms with Crippen molar-refractivity contribution in [1.29, 1.82) is 0 Å². The summed E-state index contributed by atoms with van der Waals surface area (Å²) in [4.78, 5) is 32.3. The first-order valence-electron chi connectivity index (χ1n) is 11.4. The van der Waals surface area contributed by atoms with Crippen molar-refractivity contribution in [2.75, 3.05) is 16.8 Å². The second-order valence-corrected chi connectivity index (χ2v) is 9.45. The molecule has 0 saturated heterocycles. The van der Waals surface area contributed by atoms with Gasteiger partial charge in [0.1, 0.15) is 11.8 Å². The van der Waals surface area contributed by atoms with Crippen molar-refractivity contribution in [1.82, 2.24) is 4.98 Å². The number of carbonyl (C=O) groups is 2. The SMILES string of the molecule is Cc1ccccc1NC(=O)C(C)N1C(=O)COc2ccc(-c3csc(Cc4ccccc4)n3)cc21. The normalized spacial score (nSPS) is 13.7. The summed E-state index contributed by atoms with van der Waals surface area (Å²) in [6.07, 6.45) is 0.764. The first kappa shape index (κ1) is 22.8. The Balaban J connectivity index is 1.41. The van der Waals surface area contributed by atoms with E-state index in [1.807, 2.05) is 73.0 Å². The molecule has 176 valence electrons. The number of nitrogens with zero attached hydrogens (tertiary/aromatic N) is 2. The van der Waals surface area contributed by atoms with E-state index in [0.717, 1.165) is 33.9 Å². The molecule has 0 radical (unpaired) electrons. The number of ether oxygens (including phenoxy) is 1. The third kappa shape index (κ3) is 4.81. The maximum atomic E-state index is 13.1. The smallest absolute Gasteiger partial charge is 0.265 e. The van der Waals surface area contributed by atoms with Crippen molar-refractivity contribution in [3.8, 4) is 17.0 Å². The van der Waals surface area contributed by atoms with Gasteiger partial charge in [-0.3, -0.25) is 14.5 Å². The van der Waals surface area contributed by atoms with Gasteiger partial charge in [-0.2, -0.15) is 0 Å². The van der Waals surface area contributed by atoms with Crippen LogP contribution in [0.4, 0.5) is 11.4 Å². The van der Waals surface area contributed by atoms with Crippen molar-refractivity contribution in [2.45, 2.75) is 26.3 Å². The molecule has 3 aromatic carbocycles. The maximum absolute atomic E-state index is 13.1. The lowest BCUT2D eigenvalue weighted by Gasteiger charge is -2.33. The van der Waals surface area contributed by atoms with Crippen molar-refractivity contribution < 1.29 is 14.3 Å². The van der Waals surface area contributed by atoms with Crippen LogP contribution in [0.25, 0.3) is 11.3 Å². The van der Waals surface area contributed by atoms with E-state index in [-0.39, 0.29) is 18.4 Å². The largest absolute Gasteiger partial charge is 0.482 e. The Labute approximate surface area is 208 Å². The fraction of sp³-hybridized carbons (Fsp3) is 0.179. The Morgan fingerprint density at radius 3 is 2.69 bits per heavy atom. The van der Waals surface area contributed by atoms with Crippen LogP contribution in [0.15, 0.2) is 78.2 Å². The van der Waals surface area contributed by atoms with Crippen molar-refractivity contribution >= 4 is 34.5 Å². The van der Waals surface area contributed by atoms with E-state index in [4.69, 9.17) is 9.72 Å². The average Bonchev–Trinajstić information content (AvgIpc) is 3.33. The molecule has 1 aromatic heterocycles. The molecule has 1 aliphatic rings. The van der Waals surface area contributed by atoms with Crippen LogP contribution in [0.5, 0.6) is 5.75 Å². The molecule has 0 bridgehead atoms. The standard InChI is InChI=1S/C28H25N3O3S/c1-18-8-6-7-11-22(18)30-28(33)19(2)31-24-15-21(12-13-25(24)34-16-27(31)32)23-17-35-26(29-23)14-20-9-4-3-5-10-20/h3-13,15,17,19H,14,16H2,1-2H3,(H,30,33). The van der Waals surface area contributed by atoms with E-state index >= 15 is 0 Å². The summed E-state index contributed by atoms with van der Waals surface area (Å²) < 4.78 is 5.67. The van der Waals surface area contributed by atoms with Gasteiger partial charge in [-0.25, -0.2) is 4.98 Å². The van der Waals surface area contributed by atoms with Crippen LogP contribution >= 0.6 is 11.3 Å². The molecule has 7 heteroatoms. The molecule has 2 heterocycles. The van der Waals surface area contributed by atoms with Gasteiger partial charge in [0.15, 0.2) is 6.61 Å². The molecule has 4 aromatic rings. The van der Waals surface area contributed by atoms with Crippen molar-refractivity contribution in [2.24, 2.45) is 0 Å². The lowest BCUT2D eigenvalue weighted by Crippen LogP contribution is -2.49. The highest BCUT2D eigenvalue weighted by atomic mass is 32.1. The second-order valence-electron chi connectivity index (χ2n) is 8.50. The molecular formula is C28H25N3O3S. The second kappa shape index (κ2) is 9.72. The number of anilines is 2. The van der Waals surface area contributed by atoms with Gasteiger partial charge in [0.2, 0.25) is 5.91 Å². The summed E-state index contributed by atoms with van der Waals surface area (Å²) in [6.45, 7) is 3.56. The van der Waals surface area contributed by atoms with Crippen LogP contribution in [0.2, 0.25) is 0 Å². The first-order chi connectivity index (χ1) is 17.0. The summed E-state index contributed by atoms with van der Waals surface area (Å²) in [7, 11) is 0. The van der Waals surface area contributed by atoms with E-state index < -0.39 is 6.04 Å². The molecule has 1 N–H and O–H groups in total. The van der Waals surface area contributed by atoms with Crippen LogP contribution < -0.4 is 15.0 Å². The molecule has 0 fully saturated rings. The zero-order valence-corrected chi connectivity index (χ0v) is 20.3. The number of benzene rings is 3. The van der Waals surface area contributed by atoms with Gasteiger partial charge in [-0.05, 0) is 49.2 Å². The topological polar surface area (TPSA) is 71.5 Å².